The number of imide groups is 2. The van der Waals surface area contributed by atoms with Gasteiger partial charge in [-0.25, -0.2) is 4.79 Å². The topological polar surface area (TPSA) is 66.5 Å². The van der Waals surface area contributed by atoms with Crippen LogP contribution in [-0.4, -0.2) is 22.7 Å². The summed E-state index contributed by atoms with van der Waals surface area (Å²) in [6, 6.07) is 1.27. The Hall–Kier alpha value is -1.21. The van der Waals surface area contributed by atoms with Gasteiger partial charge in [-0.3, -0.25) is 19.8 Å². The monoisotopic (exact) mass is 370 g/mol. The molecule has 4 amide bonds. The molecule has 0 bridgehead atoms. The van der Waals surface area contributed by atoms with Crippen LogP contribution in [0.15, 0.2) is 15.9 Å². The van der Waals surface area contributed by atoms with E-state index in [0.29, 0.717) is 0 Å². The third-order valence-electron chi connectivity index (χ3n) is 4.15. The standard InChI is InChI=1S/C14H15BrN2O3S/c15-9-5-6-21-10(9)7-17-13(19)11(8-3-1-2-4-8)12(18)16-14(17)20/h5-6,8,11H,1-4,7H2,(H,16,18,20). The minimum Gasteiger partial charge on any atom is -0.277 e. The summed E-state index contributed by atoms with van der Waals surface area (Å²) in [5.41, 5.74) is 0. The van der Waals surface area contributed by atoms with Gasteiger partial charge in [0.05, 0.1) is 6.54 Å². The van der Waals surface area contributed by atoms with E-state index in [2.05, 4.69) is 21.2 Å². The summed E-state index contributed by atoms with van der Waals surface area (Å²) in [5.74, 6) is -1.42. The summed E-state index contributed by atoms with van der Waals surface area (Å²) in [4.78, 5) is 38.7. The maximum atomic E-state index is 12.6. The lowest BCUT2D eigenvalue weighted by molar-refractivity contribution is -0.145. The maximum Gasteiger partial charge on any atom is 0.331 e. The van der Waals surface area contributed by atoms with Crippen LogP contribution in [0.5, 0.6) is 0 Å². The highest BCUT2D eigenvalue weighted by molar-refractivity contribution is 9.10. The van der Waals surface area contributed by atoms with Crippen molar-refractivity contribution in [3.63, 3.8) is 0 Å². The van der Waals surface area contributed by atoms with E-state index in [1.165, 1.54) is 16.2 Å². The van der Waals surface area contributed by atoms with E-state index >= 15 is 0 Å². The molecule has 1 unspecified atom stereocenters. The molecule has 1 saturated carbocycles. The summed E-state index contributed by atoms with van der Waals surface area (Å²) in [6.07, 6.45) is 3.86. The van der Waals surface area contributed by atoms with Crippen LogP contribution in [0.25, 0.3) is 0 Å². The first-order chi connectivity index (χ1) is 10.1. The molecule has 2 aliphatic rings. The van der Waals surface area contributed by atoms with Crippen molar-refractivity contribution in [2.24, 2.45) is 11.8 Å². The molecule has 1 aromatic heterocycles. The van der Waals surface area contributed by atoms with Gasteiger partial charge >= 0.3 is 6.03 Å². The van der Waals surface area contributed by atoms with Gasteiger partial charge in [-0.15, -0.1) is 11.3 Å². The maximum absolute atomic E-state index is 12.6. The van der Waals surface area contributed by atoms with Gasteiger partial charge in [0.25, 0.3) is 0 Å². The summed E-state index contributed by atoms with van der Waals surface area (Å²) in [6.45, 7) is 0.208. The highest BCUT2D eigenvalue weighted by Crippen LogP contribution is 2.35. The molecule has 7 heteroatoms. The molecule has 2 fully saturated rings. The Morgan fingerprint density at radius 1 is 1.29 bits per heavy atom. The number of thiophene rings is 1. The van der Waals surface area contributed by atoms with Gasteiger partial charge in [-0.1, -0.05) is 12.8 Å². The molecule has 0 aromatic carbocycles. The molecule has 0 spiro atoms. The fraction of sp³-hybridized carbons (Fsp3) is 0.500. The molecule has 1 atom stereocenters. The number of hydrogen-bond acceptors (Lipinski definition) is 4. The van der Waals surface area contributed by atoms with Crippen molar-refractivity contribution in [1.82, 2.24) is 10.2 Å². The van der Waals surface area contributed by atoms with Gasteiger partial charge in [0.15, 0.2) is 0 Å². The van der Waals surface area contributed by atoms with E-state index in [-0.39, 0.29) is 18.4 Å². The summed E-state index contributed by atoms with van der Waals surface area (Å²) in [7, 11) is 0. The molecule has 2 heterocycles. The first kappa shape index (κ1) is 14.7. The van der Waals surface area contributed by atoms with Gasteiger partial charge in [-0.2, -0.15) is 0 Å². The van der Waals surface area contributed by atoms with E-state index in [4.69, 9.17) is 0 Å². The normalized spacial score (nSPS) is 23.8. The summed E-state index contributed by atoms with van der Waals surface area (Å²) >= 11 is 4.88. The second-order valence-electron chi connectivity index (χ2n) is 5.43. The first-order valence-corrected chi connectivity index (χ1v) is 8.63. The van der Waals surface area contributed by atoms with Crippen molar-refractivity contribution in [2.75, 3.05) is 0 Å². The van der Waals surface area contributed by atoms with Gasteiger partial charge in [0.1, 0.15) is 5.92 Å². The van der Waals surface area contributed by atoms with Crippen LogP contribution in [0.2, 0.25) is 0 Å². The minimum absolute atomic E-state index is 0.0693. The number of barbiturate groups is 1. The molecule has 0 radical (unpaired) electrons. The Morgan fingerprint density at radius 2 is 2.00 bits per heavy atom. The number of carbonyl (C=O) groups excluding carboxylic acids is 3. The minimum atomic E-state index is -0.705. The van der Waals surface area contributed by atoms with Crippen molar-refractivity contribution in [2.45, 2.75) is 32.2 Å². The second-order valence-corrected chi connectivity index (χ2v) is 7.29. The molecule has 112 valence electrons. The fourth-order valence-corrected chi connectivity index (χ4v) is 4.53. The smallest absolute Gasteiger partial charge is 0.277 e. The number of nitrogens with one attached hydrogen (secondary N) is 1. The zero-order chi connectivity index (χ0) is 15.0. The number of nitrogens with zero attached hydrogens (tertiary/aromatic N) is 1. The zero-order valence-electron chi connectivity index (χ0n) is 11.3. The van der Waals surface area contributed by atoms with Crippen molar-refractivity contribution < 1.29 is 14.4 Å². The number of urea groups is 1. The third-order valence-corrected chi connectivity index (χ3v) is 6.06. The number of amides is 4. The Bertz CT molecular complexity index is 595. The molecule has 21 heavy (non-hydrogen) atoms. The molecule has 1 aliphatic heterocycles. The van der Waals surface area contributed by atoms with Crippen LogP contribution in [0.1, 0.15) is 30.6 Å². The molecule has 1 N–H and O–H groups in total. The molecule has 1 aliphatic carbocycles. The predicted molar refractivity (Wildman–Crippen MR) is 81.6 cm³/mol. The Kier molecular flexibility index (Phi) is 4.12. The zero-order valence-corrected chi connectivity index (χ0v) is 13.7. The van der Waals surface area contributed by atoms with Crippen LogP contribution in [-0.2, 0) is 16.1 Å². The average molecular weight is 371 g/mol. The lowest BCUT2D eigenvalue weighted by atomic mass is 9.87. The number of carbonyl (C=O) groups is 3. The van der Waals surface area contributed by atoms with Crippen LogP contribution in [0.3, 0.4) is 0 Å². The van der Waals surface area contributed by atoms with E-state index in [9.17, 15) is 14.4 Å². The van der Waals surface area contributed by atoms with Crippen molar-refractivity contribution in [3.8, 4) is 0 Å². The number of hydrogen-bond donors (Lipinski definition) is 1. The van der Waals surface area contributed by atoms with E-state index < -0.39 is 17.9 Å². The SMILES string of the molecule is O=C1NC(=O)N(Cc2sccc2Br)C(=O)C1C1CCCC1. The average Bonchev–Trinajstić information content (AvgIpc) is 3.07. The lowest BCUT2D eigenvalue weighted by Crippen LogP contribution is -2.58. The highest BCUT2D eigenvalue weighted by atomic mass is 79.9. The highest BCUT2D eigenvalue weighted by Gasteiger charge is 2.45. The lowest BCUT2D eigenvalue weighted by Gasteiger charge is -2.32. The number of halogens is 1. The van der Waals surface area contributed by atoms with E-state index in [1.807, 2.05) is 11.4 Å². The van der Waals surface area contributed by atoms with Crippen LogP contribution >= 0.6 is 27.3 Å². The Balaban J connectivity index is 1.82. The van der Waals surface area contributed by atoms with Gasteiger partial charge < -0.3 is 0 Å². The van der Waals surface area contributed by atoms with Gasteiger partial charge in [-0.05, 0) is 46.1 Å². The quantitative estimate of drug-likeness (QED) is 0.831. The molecule has 3 rings (SSSR count). The molecule has 1 aromatic rings. The van der Waals surface area contributed by atoms with E-state index in [0.717, 1.165) is 35.0 Å². The molecular weight excluding hydrogens is 356 g/mol. The summed E-state index contributed by atoms with van der Waals surface area (Å²) < 4.78 is 0.877. The molecule has 5 nitrogen and oxygen atoms in total. The largest absolute Gasteiger partial charge is 0.331 e. The third kappa shape index (κ3) is 2.76. The van der Waals surface area contributed by atoms with Gasteiger partial charge in [0, 0.05) is 9.35 Å². The van der Waals surface area contributed by atoms with Crippen molar-refractivity contribution in [3.05, 3.63) is 20.8 Å². The summed E-state index contributed by atoms with van der Waals surface area (Å²) in [5, 5.41) is 4.23. The predicted octanol–water partition coefficient (Wildman–Crippen LogP) is 2.90. The molecular formula is C14H15BrN2O3S. The fourth-order valence-electron chi connectivity index (χ4n) is 3.07. The Labute approximate surface area is 134 Å². The van der Waals surface area contributed by atoms with Crippen LogP contribution in [0.4, 0.5) is 4.79 Å². The van der Waals surface area contributed by atoms with E-state index in [1.54, 1.807) is 0 Å². The van der Waals surface area contributed by atoms with Crippen LogP contribution < -0.4 is 5.32 Å². The number of rotatable bonds is 3. The van der Waals surface area contributed by atoms with Crippen molar-refractivity contribution >= 4 is 45.1 Å². The van der Waals surface area contributed by atoms with Gasteiger partial charge in [0.2, 0.25) is 11.8 Å². The molecule has 1 saturated heterocycles. The Morgan fingerprint density at radius 3 is 2.62 bits per heavy atom. The van der Waals surface area contributed by atoms with Crippen molar-refractivity contribution in [1.29, 1.82) is 0 Å². The second kappa shape index (κ2) is 5.88. The van der Waals surface area contributed by atoms with Crippen LogP contribution in [0, 0.1) is 11.8 Å². The first-order valence-electron chi connectivity index (χ1n) is 6.96.